The van der Waals surface area contributed by atoms with Gasteiger partial charge in [0.2, 0.25) is 0 Å². The summed E-state index contributed by atoms with van der Waals surface area (Å²) in [7, 11) is 0. The second-order valence-electron chi connectivity index (χ2n) is 13.5. The Bertz CT molecular complexity index is 770. The minimum absolute atomic E-state index is 0.00679. The summed E-state index contributed by atoms with van der Waals surface area (Å²) in [5, 5.41) is 43.2. The van der Waals surface area contributed by atoms with Crippen LogP contribution in [0.4, 0.5) is 0 Å². The van der Waals surface area contributed by atoms with Crippen LogP contribution in [0.15, 0.2) is 0 Å². The third-order valence-corrected chi connectivity index (χ3v) is 11.7. The van der Waals surface area contributed by atoms with Crippen LogP contribution in [-0.2, 0) is 9.53 Å². The Kier molecular flexibility index (Phi) is 7.72. The average molecular weight is 495 g/mol. The van der Waals surface area contributed by atoms with Crippen LogP contribution >= 0.6 is 0 Å². The molecular weight excluding hydrogens is 444 g/mol. The molecule has 0 spiro atoms. The van der Waals surface area contributed by atoms with Gasteiger partial charge in [-0.3, -0.25) is 4.79 Å². The zero-order valence-electron chi connectivity index (χ0n) is 22.7. The lowest BCUT2D eigenvalue weighted by atomic mass is 9.48. The molecule has 4 rings (SSSR count). The molecule has 0 aromatic rings. The first-order chi connectivity index (χ1) is 16.4. The molecule has 0 radical (unpaired) electrons. The number of cyclic esters (lactones) is 1. The first kappa shape index (κ1) is 27.3. The fourth-order valence-corrected chi connectivity index (χ4v) is 9.60. The number of fused-ring (bicyclic) bond motifs is 5. The smallest absolute Gasteiger partial charge is 0.309 e. The van der Waals surface area contributed by atoms with E-state index in [1.54, 1.807) is 0 Å². The largest absolute Gasteiger partial charge is 0.465 e. The molecule has 6 heteroatoms. The van der Waals surface area contributed by atoms with Gasteiger partial charge in [0.05, 0.1) is 36.9 Å². The Labute approximate surface area is 211 Å². The van der Waals surface area contributed by atoms with Crippen LogP contribution in [0.1, 0.15) is 86.5 Å². The number of aliphatic hydroxyl groups excluding tert-OH is 4. The standard InChI is InChI=1S/C29H50O6/c1-7-17(15(2)3)26(33)25(32)16(4)19-8-9-20-18-14-35-27(34)22-12-23(30)24(31)13-29(22,6)21(18)10-11-28(19,20)5/h15-26,30-33H,7-14H2,1-6H3/t16-,17+,18?,19?,20?,21?,22?,23-,24+,25-,26-,28+,29+/m0/s1. The maximum Gasteiger partial charge on any atom is 0.309 e. The highest BCUT2D eigenvalue weighted by Gasteiger charge is 2.63. The van der Waals surface area contributed by atoms with Crippen molar-refractivity contribution in [2.75, 3.05) is 6.61 Å². The molecule has 35 heavy (non-hydrogen) atoms. The van der Waals surface area contributed by atoms with Crippen LogP contribution < -0.4 is 0 Å². The maximum absolute atomic E-state index is 13.0. The molecule has 6 nitrogen and oxygen atoms in total. The van der Waals surface area contributed by atoms with E-state index in [0.717, 1.165) is 32.1 Å². The SMILES string of the molecule is CC[C@H](C(C)C)[C@H](O)[C@@H](O)[C@@H](C)C1CCC2C3COC(=O)C4C[C@H](O)[C@H](O)C[C@]4(C)C3CC[C@@]21C. The van der Waals surface area contributed by atoms with E-state index in [4.69, 9.17) is 4.74 Å². The summed E-state index contributed by atoms with van der Waals surface area (Å²) in [6.07, 6.45) is 2.49. The van der Waals surface area contributed by atoms with Crippen molar-refractivity contribution in [2.24, 2.45) is 58.2 Å². The molecule has 3 aliphatic carbocycles. The monoisotopic (exact) mass is 494 g/mol. The molecule has 4 fully saturated rings. The number of carbonyl (C=O) groups is 1. The fourth-order valence-electron chi connectivity index (χ4n) is 9.60. The number of esters is 1. The number of hydrogen-bond acceptors (Lipinski definition) is 6. The highest BCUT2D eigenvalue weighted by atomic mass is 16.5. The van der Waals surface area contributed by atoms with E-state index in [0.29, 0.717) is 30.8 Å². The van der Waals surface area contributed by atoms with Gasteiger partial charge in [-0.15, -0.1) is 0 Å². The second-order valence-corrected chi connectivity index (χ2v) is 13.5. The lowest BCUT2D eigenvalue weighted by Gasteiger charge is -2.56. The Balaban J connectivity index is 1.57. The van der Waals surface area contributed by atoms with Crippen LogP contribution in [0.5, 0.6) is 0 Å². The first-order valence-electron chi connectivity index (χ1n) is 14.3. The minimum atomic E-state index is -0.867. The van der Waals surface area contributed by atoms with Gasteiger partial charge in [0.25, 0.3) is 0 Å². The quantitative estimate of drug-likeness (QED) is 0.419. The Hall–Kier alpha value is -0.690. The number of aliphatic hydroxyl groups is 4. The van der Waals surface area contributed by atoms with Crippen LogP contribution in [0, 0.1) is 58.2 Å². The van der Waals surface area contributed by atoms with Crippen molar-refractivity contribution in [3.05, 3.63) is 0 Å². The van der Waals surface area contributed by atoms with Crippen molar-refractivity contribution < 1.29 is 30.0 Å². The van der Waals surface area contributed by atoms with E-state index in [-0.39, 0.29) is 52.8 Å². The van der Waals surface area contributed by atoms with Crippen molar-refractivity contribution in [1.82, 2.24) is 0 Å². The molecular formula is C29H50O6. The molecule has 1 saturated heterocycles. The van der Waals surface area contributed by atoms with Gasteiger partial charge in [0.15, 0.2) is 0 Å². The predicted octanol–water partition coefficient (Wildman–Crippen LogP) is 3.78. The Morgan fingerprint density at radius 2 is 1.63 bits per heavy atom. The van der Waals surface area contributed by atoms with E-state index >= 15 is 0 Å². The van der Waals surface area contributed by atoms with Gasteiger partial charge < -0.3 is 25.2 Å². The summed E-state index contributed by atoms with van der Waals surface area (Å²) >= 11 is 0. The summed E-state index contributed by atoms with van der Waals surface area (Å²) in [5.41, 5.74) is -0.348. The van der Waals surface area contributed by atoms with E-state index in [1.165, 1.54) is 0 Å². The van der Waals surface area contributed by atoms with Crippen LogP contribution in [0.25, 0.3) is 0 Å². The maximum atomic E-state index is 13.0. The third-order valence-electron chi connectivity index (χ3n) is 11.7. The molecule has 202 valence electrons. The van der Waals surface area contributed by atoms with E-state index in [9.17, 15) is 25.2 Å². The molecule has 0 aromatic heterocycles. The number of hydrogen-bond donors (Lipinski definition) is 4. The van der Waals surface area contributed by atoms with E-state index < -0.39 is 24.4 Å². The molecule has 13 atom stereocenters. The van der Waals surface area contributed by atoms with Gasteiger partial charge in [-0.05, 0) is 90.8 Å². The lowest BCUT2D eigenvalue weighted by Crippen LogP contribution is -2.55. The van der Waals surface area contributed by atoms with Gasteiger partial charge in [-0.25, -0.2) is 0 Å². The normalized spacial score (nSPS) is 47.1. The van der Waals surface area contributed by atoms with E-state index in [1.807, 2.05) is 0 Å². The minimum Gasteiger partial charge on any atom is -0.465 e. The van der Waals surface area contributed by atoms with E-state index in [2.05, 4.69) is 41.5 Å². The second kappa shape index (κ2) is 9.89. The van der Waals surface area contributed by atoms with Crippen molar-refractivity contribution >= 4 is 5.97 Å². The average Bonchev–Trinajstić information content (AvgIpc) is 3.11. The lowest BCUT2D eigenvalue weighted by molar-refractivity contribution is -0.162. The van der Waals surface area contributed by atoms with Crippen LogP contribution in [0.3, 0.4) is 0 Å². The summed E-state index contributed by atoms with van der Waals surface area (Å²) in [4.78, 5) is 13.0. The molecule has 0 amide bonds. The van der Waals surface area contributed by atoms with Gasteiger partial charge >= 0.3 is 5.97 Å². The van der Waals surface area contributed by atoms with Gasteiger partial charge in [0.1, 0.15) is 0 Å². The zero-order valence-corrected chi connectivity index (χ0v) is 22.7. The van der Waals surface area contributed by atoms with Crippen molar-refractivity contribution in [1.29, 1.82) is 0 Å². The highest BCUT2D eigenvalue weighted by Crippen LogP contribution is 2.66. The summed E-state index contributed by atoms with van der Waals surface area (Å²) in [6.45, 7) is 13.4. The highest BCUT2D eigenvalue weighted by molar-refractivity contribution is 5.74. The Morgan fingerprint density at radius 1 is 0.971 bits per heavy atom. The molecule has 4 aliphatic rings. The topological polar surface area (TPSA) is 107 Å². The molecule has 0 aromatic carbocycles. The zero-order chi connectivity index (χ0) is 25.9. The fraction of sp³-hybridized carbons (Fsp3) is 0.966. The van der Waals surface area contributed by atoms with Crippen LogP contribution in [0.2, 0.25) is 0 Å². The van der Waals surface area contributed by atoms with Gasteiger partial charge in [-0.1, -0.05) is 48.0 Å². The molecule has 5 unspecified atom stereocenters. The number of rotatable bonds is 6. The summed E-state index contributed by atoms with van der Waals surface area (Å²) < 4.78 is 5.88. The number of carbonyl (C=O) groups excluding carboxylic acids is 1. The van der Waals surface area contributed by atoms with Gasteiger partial charge in [0, 0.05) is 0 Å². The third kappa shape index (κ3) is 4.38. The molecule has 0 bridgehead atoms. The van der Waals surface area contributed by atoms with Crippen LogP contribution in [-0.4, -0.2) is 57.4 Å². The molecule has 1 heterocycles. The van der Waals surface area contributed by atoms with Crippen molar-refractivity contribution in [3.8, 4) is 0 Å². The molecule has 1 aliphatic heterocycles. The first-order valence-corrected chi connectivity index (χ1v) is 14.3. The molecule has 4 N–H and O–H groups in total. The Morgan fingerprint density at radius 3 is 2.26 bits per heavy atom. The van der Waals surface area contributed by atoms with Crippen molar-refractivity contribution in [3.63, 3.8) is 0 Å². The van der Waals surface area contributed by atoms with Gasteiger partial charge in [-0.2, -0.15) is 0 Å². The summed E-state index contributed by atoms with van der Waals surface area (Å²) in [5.74, 6) is 1.01. The summed E-state index contributed by atoms with van der Waals surface area (Å²) in [6, 6.07) is 0. The predicted molar refractivity (Wildman–Crippen MR) is 134 cm³/mol. The number of ether oxygens (including phenoxy) is 1. The molecule has 3 saturated carbocycles. The van der Waals surface area contributed by atoms with Crippen molar-refractivity contribution in [2.45, 2.75) is 111 Å².